The highest BCUT2D eigenvalue weighted by Gasteiger charge is 2.31. The normalized spacial score (nSPS) is 22.6. The van der Waals surface area contributed by atoms with Crippen LogP contribution in [-0.4, -0.2) is 23.8 Å². The first-order valence-corrected chi connectivity index (χ1v) is 6.83. The van der Waals surface area contributed by atoms with Gasteiger partial charge in [0.15, 0.2) is 0 Å². The van der Waals surface area contributed by atoms with Gasteiger partial charge in [-0.25, -0.2) is 0 Å². The van der Waals surface area contributed by atoms with Gasteiger partial charge in [0.25, 0.3) is 0 Å². The minimum atomic E-state index is -0.592. The quantitative estimate of drug-likeness (QED) is 0.881. The minimum Gasteiger partial charge on any atom is -0.388 e. The molecule has 1 heterocycles. The Bertz CT molecular complexity index is 544. The van der Waals surface area contributed by atoms with Crippen molar-refractivity contribution in [2.24, 2.45) is 0 Å². The molecule has 1 saturated heterocycles. The van der Waals surface area contributed by atoms with Crippen LogP contribution in [0, 0.1) is 0 Å². The Labute approximate surface area is 114 Å². The third kappa shape index (κ3) is 2.70. The van der Waals surface area contributed by atoms with Crippen molar-refractivity contribution < 1.29 is 5.11 Å². The number of rotatable bonds is 3. The lowest BCUT2D eigenvalue weighted by molar-refractivity contribution is 0.0620. The Kier molecular flexibility index (Phi) is 3.36. The second kappa shape index (κ2) is 5.16. The Hall–Kier alpha value is -1.64. The van der Waals surface area contributed by atoms with Crippen LogP contribution in [0.1, 0.15) is 12.0 Å². The summed E-state index contributed by atoms with van der Waals surface area (Å²) in [7, 11) is 0. The molecular formula is C17H19NO. The Morgan fingerprint density at radius 2 is 1.74 bits per heavy atom. The maximum atomic E-state index is 10.6. The average Bonchev–Trinajstić information content (AvgIpc) is 2.87. The van der Waals surface area contributed by atoms with Gasteiger partial charge in [0.2, 0.25) is 0 Å². The highest BCUT2D eigenvalue weighted by atomic mass is 16.3. The fraction of sp³-hybridized carbons (Fsp3) is 0.294. The van der Waals surface area contributed by atoms with E-state index in [0.29, 0.717) is 13.0 Å². The maximum absolute atomic E-state index is 10.6. The van der Waals surface area contributed by atoms with Crippen molar-refractivity contribution in [3.05, 3.63) is 60.2 Å². The van der Waals surface area contributed by atoms with E-state index in [-0.39, 0.29) is 0 Å². The predicted molar refractivity (Wildman–Crippen MR) is 78.0 cm³/mol. The molecule has 1 atom stereocenters. The van der Waals surface area contributed by atoms with Crippen LogP contribution in [0.3, 0.4) is 0 Å². The van der Waals surface area contributed by atoms with Gasteiger partial charge >= 0.3 is 0 Å². The second-order valence-corrected chi connectivity index (χ2v) is 5.35. The molecule has 3 rings (SSSR count). The van der Waals surface area contributed by atoms with E-state index in [1.165, 1.54) is 16.7 Å². The summed E-state index contributed by atoms with van der Waals surface area (Å²) in [5.41, 5.74) is 3.07. The molecular weight excluding hydrogens is 234 g/mol. The summed E-state index contributed by atoms with van der Waals surface area (Å²) < 4.78 is 0. The van der Waals surface area contributed by atoms with Gasteiger partial charge in [0, 0.05) is 13.0 Å². The van der Waals surface area contributed by atoms with Gasteiger partial charge in [0.05, 0.1) is 5.60 Å². The van der Waals surface area contributed by atoms with Gasteiger partial charge in [-0.1, -0.05) is 54.6 Å². The van der Waals surface area contributed by atoms with Crippen molar-refractivity contribution in [3.63, 3.8) is 0 Å². The molecule has 0 aliphatic carbocycles. The van der Waals surface area contributed by atoms with E-state index in [1.807, 2.05) is 12.1 Å². The summed E-state index contributed by atoms with van der Waals surface area (Å²) in [6.07, 6.45) is 1.54. The van der Waals surface area contributed by atoms with Gasteiger partial charge in [-0.2, -0.15) is 0 Å². The predicted octanol–water partition coefficient (Wildman–Crippen LogP) is 2.62. The standard InChI is InChI=1S/C17H19NO/c19-17(10-11-18-13-17)12-15-8-4-5-9-16(15)14-6-2-1-3-7-14/h1-9,18-19H,10-13H2. The van der Waals surface area contributed by atoms with Crippen molar-refractivity contribution >= 4 is 0 Å². The van der Waals surface area contributed by atoms with Gasteiger partial charge in [-0.15, -0.1) is 0 Å². The van der Waals surface area contributed by atoms with E-state index < -0.39 is 5.60 Å². The third-order valence-electron chi connectivity index (χ3n) is 3.84. The molecule has 98 valence electrons. The lowest BCUT2D eigenvalue weighted by Crippen LogP contribution is -2.33. The molecule has 1 unspecified atom stereocenters. The first-order chi connectivity index (χ1) is 9.27. The van der Waals surface area contributed by atoms with E-state index in [0.717, 1.165) is 13.0 Å². The van der Waals surface area contributed by atoms with Gasteiger partial charge < -0.3 is 10.4 Å². The van der Waals surface area contributed by atoms with Gasteiger partial charge in [-0.3, -0.25) is 0 Å². The zero-order valence-electron chi connectivity index (χ0n) is 11.0. The molecule has 2 N–H and O–H groups in total. The SMILES string of the molecule is OC1(Cc2ccccc2-c2ccccc2)CCNC1. The minimum absolute atomic E-state index is 0.592. The lowest BCUT2D eigenvalue weighted by atomic mass is 9.89. The average molecular weight is 253 g/mol. The summed E-state index contributed by atoms with van der Waals surface area (Å²) in [4.78, 5) is 0. The molecule has 19 heavy (non-hydrogen) atoms. The number of benzene rings is 2. The summed E-state index contributed by atoms with van der Waals surface area (Å²) in [5, 5.41) is 13.8. The lowest BCUT2D eigenvalue weighted by Gasteiger charge is -2.23. The zero-order valence-corrected chi connectivity index (χ0v) is 11.0. The van der Waals surface area contributed by atoms with Crippen molar-refractivity contribution in [2.45, 2.75) is 18.4 Å². The Morgan fingerprint density at radius 1 is 1.00 bits per heavy atom. The molecule has 1 fully saturated rings. The molecule has 2 aromatic rings. The van der Waals surface area contributed by atoms with Gasteiger partial charge in [-0.05, 0) is 29.7 Å². The second-order valence-electron chi connectivity index (χ2n) is 5.35. The van der Waals surface area contributed by atoms with Crippen LogP contribution in [-0.2, 0) is 6.42 Å². The van der Waals surface area contributed by atoms with E-state index in [9.17, 15) is 5.11 Å². The van der Waals surface area contributed by atoms with Crippen LogP contribution in [0.15, 0.2) is 54.6 Å². The van der Waals surface area contributed by atoms with Crippen molar-refractivity contribution in [3.8, 4) is 11.1 Å². The largest absolute Gasteiger partial charge is 0.388 e. The first kappa shape index (κ1) is 12.4. The number of β-amino-alcohol motifs (C(OH)–C–C–N with tert-alkyl or cyclic N) is 1. The number of hydrogen-bond acceptors (Lipinski definition) is 2. The number of aliphatic hydroxyl groups is 1. The van der Waals surface area contributed by atoms with E-state index in [1.54, 1.807) is 0 Å². The third-order valence-corrected chi connectivity index (χ3v) is 3.84. The monoisotopic (exact) mass is 253 g/mol. The molecule has 0 radical (unpaired) electrons. The van der Waals surface area contributed by atoms with E-state index in [4.69, 9.17) is 0 Å². The highest BCUT2D eigenvalue weighted by molar-refractivity contribution is 5.67. The molecule has 2 aromatic carbocycles. The van der Waals surface area contributed by atoms with Crippen LogP contribution < -0.4 is 5.32 Å². The highest BCUT2D eigenvalue weighted by Crippen LogP contribution is 2.28. The van der Waals surface area contributed by atoms with E-state index >= 15 is 0 Å². The fourth-order valence-corrected chi connectivity index (χ4v) is 2.81. The molecule has 0 bridgehead atoms. The van der Waals surface area contributed by atoms with Crippen LogP contribution >= 0.6 is 0 Å². The number of hydrogen-bond donors (Lipinski definition) is 2. The topological polar surface area (TPSA) is 32.3 Å². The van der Waals surface area contributed by atoms with Gasteiger partial charge in [0.1, 0.15) is 0 Å². The maximum Gasteiger partial charge on any atom is 0.0823 e. The Balaban J connectivity index is 1.94. The fourth-order valence-electron chi connectivity index (χ4n) is 2.81. The summed E-state index contributed by atoms with van der Waals surface area (Å²) in [6.45, 7) is 1.60. The smallest absolute Gasteiger partial charge is 0.0823 e. The zero-order chi connectivity index (χ0) is 13.1. The van der Waals surface area contributed by atoms with Crippen LogP contribution in [0.5, 0.6) is 0 Å². The molecule has 1 aliphatic rings. The van der Waals surface area contributed by atoms with Crippen molar-refractivity contribution in [1.82, 2.24) is 5.32 Å². The van der Waals surface area contributed by atoms with Crippen LogP contribution in [0.2, 0.25) is 0 Å². The molecule has 2 nitrogen and oxygen atoms in total. The molecule has 0 spiro atoms. The van der Waals surface area contributed by atoms with Crippen LogP contribution in [0.25, 0.3) is 11.1 Å². The molecule has 0 aromatic heterocycles. The molecule has 2 heteroatoms. The summed E-state index contributed by atoms with van der Waals surface area (Å²) >= 11 is 0. The molecule has 1 aliphatic heterocycles. The number of nitrogens with one attached hydrogen (secondary N) is 1. The summed E-state index contributed by atoms with van der Waals surface area (Å²) in [6, 6.07) is 18.7. The van der Waals surface area contributed by atoms with Crippen molar-refractivity contribution in [2.75, 3.05) is 13.1 Å². The van der Waals surface area contributed by atoms with Crippen LogP contribution in [0.4, 0.5) is 0 Å². The molecule has 0 saturated carbocycles. The van der Waals surface area contributed by atoms with E-state index in [2.05, 4.69) is 47.8 Å². The van der Waals surface area contributed by atoms with Crippen molar-refractivity contribution in [1.29, 1.82) is 0 Å². The summed E-state index contributed by atoms with van der Waals surface area (Å²) in [5.74, 6) is 0. The first-order valence-electron chi connectivity index (χ1n) is 6.83. The molecule has 0 amide bonds. The Morgan fingerprint density at radius 3 is 2.47 bits per heavy atom.